The van der Waals surface area contributed by atoms with E-state index in [9.17, 15) is 0 Å². The minimum Gasteiger partial charge on any atom is -0.494 e. The lowest BCUT2D eigenvalue weighted by Crippen LogP contribution is -1.95. The van der Waals surface area contributed by atoms with Gasteiger partial charge in [0.2, 0.25) is 0 Å². The quantitative estimate of drug-likeness (QED) is 0.835. The van der Waals surface area contributed by atoms with Gasteiger partial charge in [-0.3, -0.25) is 4.98 Å². The van der Waals surface area contributed by atoms with Gasteiger partial charge in [0.05, 0.1) is 35.9 Å². The Kier molecular flexibility index (Phi) is 2.52. The van der Waals surface area contributed by atoms with Crippen LogP contribution in [0.4, 0.5) is 5.69 Å². The summed E-state index contributed by atoms with van der Waals surface area (Å²) in [5, 5.41) is 3.88. The van der Waals surface area contributed by atoms with E-state index in [4.69, 9.17) is 15.0 Å². The van der Waals surface area contributed by atoms with Crippen molar-refractivity contribution in [2.45, 2.75) is 13.8 Å². The van der Waals surface area contributed by atoms with E-state index in [-0.39, 0.29) is 0 Å². The molecule has 0 atom stereocenters. The molecule has 16 heavy (non-hydrogen) atoms. The van der Waals surface area contributed by atoms with Crippen molar-refractivity contribution in [1.29, 1.82) is 0 Å². The molecule has 2 N–H and O–H groups in total. The molecule has 2 aromatic heterocycles. The number of methoxy groups -OCH3 is 1. The zero-order valence-corrected chi connectivity index (χ0v) is 9.44. The van der Waals surface area contributed by atoms with Crippen LogP contribution < -0.4 is 10.5 Å². The van der Waals surface area contributed by atoms with Crippen molar-refractivity contribution >= 4 is 5.69 Å². The maximum Gasteiger partial charge on any atom is 0.145 e. The number of aryl methyl sites for hydroxylation is 2. The topological polar surface area (TPSA) is 74.2 Å². The highest BCUT2D eigenvalue weighted by atomic mass is 16.5. The zero-order valence-electron chi connectivity index (χ0n) is 9.44. The molecule has 0 aliphatic rings. The van der Waals surface area contributed by atoms with E-state index in [0.29, 0.717) is 11.4 Å². The maximum atomic E-state index is 5.70. The van der Waals surface area contributed by atoms with Gasteiger partial charge in [-0.1, -0.05) is 5.16 Å². The first-order chi connectivity index (χ1) is 7.63. The van der Waals surface area contributed by atoms with Crippen molar-refractivity contribution < 1.29 is 9.26 Å². The molecule has 0 aliphatic heterocycles. The van der Waals surface area contributed by atoms with Gasteiger partial charge in [-0.25, -0.2) is 0 Å². The number of rotatable bonds is 2. The highest BCUT2D eigenvalue weighted by molar-refractivity contribution is 5.68. The van der Waals surface area contributed by atoms with Crippen LogP contribution in [-0.4, -0.2) is 17.3 Å². The monoisotopic (exact) mass is 219 g/mol. The molecule has 2 heterocycles. The number of pyridine rings is 1. The summed E-state index contributed by atoms with van der Waals surface area (Å²) in [6.45, 7) is 3.72. The van der Waals surface area contributed by atoms with E-state index in [1.54, 1.807) is 19.4 Å². The first-order valence-corrected chi connectivity index (χ1v) is 4.86. The molecular weight excluding hydrogens is 206 g/mol. The second-order valence-corrected chi connectivity index (χ2v) is 3.51. The molecule has 2 aromatic rings. The number of hydrogen-bond donors (Lipinski definition) is 1. The van der Waals surface area contributed by atoms with Gasteiger partial charge in [-0.15, -0.1) is 0 Å². The molecule has 0 amide bonds. The molecule has 0 fully saturated rings. The minimum absolute atomic E-state index is 0.512. The van der Waals surface area contributed by atoms with E-state index in [2.05, 4.69) is 10.1 Å². The lowest BCUT2D eigenvalue weighted by molar-refractivity contribution is 0.393. The first-order valence-electron chi connectivity index (χ1n) is 4.86. The SMILES string of the molecule is COc1cc(-c2c(C)noc2C)ncc1N. The molecule has 0 spiro atoms. The molecule has 84 valence electrons. The van der Waals surface area contributed by atoms with Crippen LogP contribution in [0.15, 0.2) is 16.8 Å². The van der Waals surface area contributed by atoms with Crippen LogP contribution in [0.3, 0.4) is 0 Å². The highest BCUT2D eigenvalue weighted by Gasteiger charge is 2.14. The van der Waals surface area contributed by atoms with Crippen LogP contribution in [-0.2, 0) is 0 Å². The largest absolute Gasteiger partial charge is 0.494 e. The van der Waals surface area contributed by atoms with Crippen molar-refractivity contribution in [3.63, 3.8) is 0 Å². The second kappa shape index (κ2) is 3.84. The fraction of sp³-hybridized carbons (Fsp3) is 0.273. The number of hydrogen-bond acceptors (Lipinski definition) is 5. The van der Waals surface area contributed by atoms with Gasteiger partial charge in [-0.05, 0) is 13.8 Å². The summed E-state index contributed by atoms with van der Waals surface area (Å²) in [5.41, 5.74) is 8.66. The van der Waals surface area contributed by atoms with Crippen LogP contribution in [0.5, 0.6) is 5.75 Å². The van der Waals surface area contributed by atoms with E-state index in [1.807, 2.05) is 13.8 Å². The third-order valence-electron chi connectivity index (χ3n) is 2.40. The predicted molar refractivity (Wildman–Crippen MR) is 60.2 cm³/mol. The summed E-state index contributed by atoms with van der Waals surface area (Å²) in [4.78, 5) is 4.25. The molecule has 0 saturated carbocycles. The minimum atomic E-state index is 0.512. The Morgan fingerprint density at radius 1 is 1.38 bits per heavy atom. The zero-order chi connectivity index (χ0) is 11.7. The molecule has 0 aromatic carbocycles. The molecule has 0 radical (unpaired) electrons. The van der Waals surface area contributed by atoms with Gasteiger partial charge < -0.3 is 15.0 Å². The smallest absolute Gasteiger partial charge is 0.145 e. The van der Waals surface area contributed by atoms with E-state index in [0.717, 1.165) is 22.7 Å². The number of ether oxygens (including phenoxy) is 1. The van der Waals surface area contributed by atoms with Crippen molar-refractivity contribution in [1.82, 2.24) is 10.1 Å². The third kappa shape index (κ3) is 1.60. The number of nitrogens with two attached hydrogens (primary N) is 1. The van der Waals surface area contributed by atoms with Crippen molar-refractivity contribution in [2.24, 2.45) is 0 Å². The van der Waals surface area contributed by atoms with Crippen LogP contribution >= 0.6 is 0 Å². The Morgan fingerprint density at radius 3 is 2.69 bits per heavy atom. The molecule has 0 unspecified atom stereocenters. The lowest BCUT2D eigenvalue weighted by atomic mass is 10.1. The Balaban J connectivity index is 2.57. The van der Waals surface area contributed by atoms with Gasteiger partial charge in [0.25, 0.3) is 0 Å². The molecular formula is C11H13N3O2. The second-order valence-electron chi connectivity index (χ2n) is 3.51. The van der Waals surface area contributed by atoms with Crippen molar-refractivity contribution in [2.75, 3.05) is 12.8 Å². The summed E-state index contributed by atoms with van der Waals surface area (Å²) < 4.78 is 10.2. The van der Waals surface area contributed by atoms with E-state index >= 15 is 0 Å². The fourth-order valence-electron chi connectivity index (χ4n) is 1.61. The lowest BCUT2D eigenvalue weighted by Gasteiger charge is -2.06. The Morgan fingerprint density at radius 2 is 2.12 bits per heavy atom. The first kappa shape index (κ1) is 10.5. The van der Waals surface area contributed by atoms with Gasteiger partial charge in [0, 0.05) is 6.07 Å². The Bertz CT molecular complexity index is 500. The van der Waals surface area contributed by atoms with Crippen LogP contribution in [0.2, 0.25) is 0 Å². The normalized spacial score (nSPS) is 10.4. The van der Waals surface area contributed by atoms with Crippen molar-refractivity contribution in [3.05, 3.63) is 23.7 Å². The maximum absolute atomic E-state index is 5.70. The standard InChI is InChI=1S/C11H13N3O2/c1-6-11(7(2)16-14-6)9-4-10(15-3)8(12)5-13-9/h4-5H,12H2,1-3H3. The average Bonchev–Trinajstić information content (AvgIpc) is 2.60. The summed E-state index contributed by atoms with van der Waals surface area (Å²) in [5.74, 6) is 1.34. The van der Waals surface area contributed by atoms with Crippen molar-refractivity contribution in [3.8, 4) is 17.0 Å². The van der Waals surface area contributed by atoms with Gasteiger partial charge in [0.15, 0.2) is 0 Å². The average molecular weight is 219 g/mol. The Hall–Kier alpha value is -2.04. The predicted octanol–water partition coefficient (Wildman–Crippen LogP) is 1.94. The third-order valence-corrected chi connectivity index (χ3v) is 2.40. The fourth-order valence-corrected chi connectivity index (χ4v) is 1.61. The summed E-state index contributed by atoms with van der Waals surface area (Å²) in [6.07, 6.45) is 1.57. The van der Waals surface area contributed by atoms with Crippen LogP contribution in [0, 0.1) is 13.8 Å². The molecule has 2 rings (SSSR count). The molecule has 0 aliphatic carbocycles. The highest BCUT2D eigenvalue weighted by Crippen LogP contribution is 2.30. The van der Waals surface area contributed by atoms with E-state index in [1.165, 1.54) is 0 Å². The molecule has 5 nitrogen and oxygen atoms in total. The summed E-state index contributed by atoms with van der Waals surface area (Å²) in [7, 11) is 1.57. The van der Waals surface area contributed by atoms with Gasteiger partial charge in [-0.2, -0.15) is 0 Å². The Labute approximate surface area is 93.2 Å². The molecule has 0 bridgehead atoms. The number of aromatic nitrogens is 2. The number of anilines is 1. The number of nitrogen functional groups attached to an aromatic ring is 1. The summed E-state index contributed by atoms with van der Waals surface area (Å²) in [6, 6.07) is 1.78. The van der Waals surface area contributed by atoms with Crippen LogP contribution in [0.25, 0.3) is 11.3 Å². The molecule has 5 heteroatoms. The van der Waals surface area contributed by atoms with Gasteiger partial charge in [0.1, 0.15) is 11.5 Å². The van der Waals surface area contributed by atoms with Crippen LogP contribution in [0.1, 0.15) is 11.5 Å². The summed E-state index contributed by atoms with van der Waals surface area (Å²) >= 11 is 0. The van der Waals surface area contributed by atoms with E-state index < -0.39 is 0 Å². The molecule has 0 saturated heterocycles. The number of nitrogens with zero attached hydrogens (tertiary/aromatic N) is 2. The van der Waals surface area contributed by atoms with Gasteiger partial charge >= 0.3 is 0 Å².